The fourth-order valence-corrected chi connectivity index (χ4v) is 5.38. The van der Waals surface area contributed by atoms with Gasteiger partial charge in [-0.15, -0.1) is 26.3 Å². The molecule has 0 radical (unpaired) electrons. The lowest BCUT2D eigenvalue weighted by atomic mass is 9.70. The number of hydrogen-bond donors (Lipinski definition) is 1. The normalized spacial score (nSPS) is 12.4. The number of sulfone groups is 1. The maximum atomic E-state index is 13.3. The first-order valence-corrected chi connectivity index (χ1v) is 14.8. The van der Waals surface area contributed by atoms with E-state index in [0.717, 1.165) is 30.5 Å². The van der Waals surface area contributed by atoms with Crippen molar-refractivity contribution in [1.82, 2.24) is 5.32 Å². The van der Waals surface area contributed by atoms with Crippen molar-refractivity contribution in [3.63, 3.8) is 0 Å². The van der Waals surface area contributed by atoms with Gasteiger partial charge in [-0.2, -0.15) is 0 Å². The van der Waals surface area contributed by atoms with E-state index in [1.807, 2.05) is 0 Å². The van der Waals surface area contributed by atoms with Crippen LogP contribution in [0.4, 0.5) is 26.3 Å². The molecule has 0 aliphatic carbocycles. The summed E-state index contributed by atoms with van der Waals surface area (Å²) < 4.78 is 111. The van der Waals surface area contributed by atoms with Crippen molar-refractivity contribution in [2.24, 2.45) is 0 Å². The van der Waals surface area contributed by atoms with Crippen LogP contribution >= 0.6 is 0 Å². The van der Waals surface area contributed by atoms with Gasteiger partial charge in [0.2, 0.25) is 0 Å². The summed E-state index contributed by atoms with van der Waals surface area (Å²) in [6.45, 7) is -0.306. The SMILES string of the molecule is CS(=O)(=O)c1ccc(C(=O)NCC(Cc2ccccc2)(c2cccc(OC(F)(F)F)c2)c2cccc(OC(F)(F)F)c2)cc1. The van der Waals surface area contributed by atoms with Crippen LogP contribution in [0, 0.1) is 0 Å². The number of amides is 1. The number of nitrogens with one attached hydrogen (secondary N) is 1. The van der Waals surface area contributed by atoms with Crippen LogP contribution in [0.2, 0.25) is 0 Å². The predicted octanol–water partition coefficient (Wildman–Crippen LogP) is 6.85. The van der Waals surface area contributed by atoms with Crippen molar-refractivity contribution in [2.45, 2.75) is 29.5 Å². The van der Waals surface area contributed by atoms with E-state index in [1.165, 1.54) is 48.5 Å². The third-order valence-corrected chi connectivity index (χ3v) is 7.81. The molecule has 4 aromatic rings. The minimum Gasteiger partial charge on any atom is -0.406 e. The smallest absolute Gasteiger partial charge is 0.406 e. The van der Waals surface area contributed by atoms with Crippen LogP contribution in [0.1, 0.15) is 27.0 Å². The second kappa shape index (κ2) is 12.6. The molecule has 1 amide bonds. The van der Waals surface area contributed by atoms with Crippen LogP contribution in [0.25, 0.3) is 0 Å². The van der Waals surface area contributed by atoms with Gasteiger partial charge in [-0.05, 0) is 71.6 Å². The van der Waals surface area contributed by atoms with E-state index in [9.17, 15) is 39.6 Å². The molecule has 0 saturated heterocycles. The lowest BCUT2D eigenvalue weighted by Crippen LogP contribution is -2.43. The first kappa shape index (κ1) is 32.4. The number of hydrogen-bond acceptors (Lipinski definition) is 5. The predicted molar refractivity (Wildman–Crippen MR) is 149 cm³/mol. The largest absolute Gasteiger partial charge is 0.573 e. The minimum atomic E-state index is -5.02. The summed E-state index contributed by atoms with van der Waals surface area (Å²) in [5, 5.41) is 2.74. The quantitative estimate of drug-likeness (QED) is 0.193. The van der Waals surface area contributed by atoms with E-state index in [1.54, 1.807) is 30.3 Å². The van der Waals surface area contributed by atoms with Gasteiger partial charge in [0, 0.05) is 23.8 Å². The monoisotopic (exact) mass is 637 g/mol. The van der Waals surface area contributed by atoms with E-state index in [0.29, 0.717) is 5.56 Å². The van der Waals surface area contributed by atoms with Crippen molar-refractivity contribution in [3.05, 3.63) is 125 Å². The summed E-state index contributed by atoms with van der Waals surface area (Å²) in [6, 6.07) is 23.7. The van der Waals surface area contributed by atoms with Gasteiger partial charge >= 0.3 is 12.7 Å². The molecule has 0 unspecified atom stereocenters. The molecule has 0 spiro atoms. The first-order valence-electron chi connectivity index (χ1n) is 12.9. The molecular formula is C31H25F6NO5S. The second-order valence-corrected chi connectivity index (χ2v) is 11.9. The summed E-state index contributed by atoms with van der Waals surface area (Å²) in [5.41, 5.74) is -0.336. The van der Waals surface area contributed by atoms with Crippen LogP contribution in [-0.2, 0) is 21.7 Å². The zero-order valence-corrected chi connectivity index (χ0v) is 23.8. The molecule has 0 aliphatic rings. The molecular weight excluding hydrogens is 612 g/mol. The Morgan fingerprint density at radius 2 is 1.20 bits per heavy atom. The molecule has 6 nitrogen and oxygen atoms in total. The fraction of sp³-hybridized carbons (Fsp3) is 0.194. The second-order valence-electron chi connectivity index (χ2n) is 9.87. The highest BCUT2D eigenvalue weighted by atomic mass is 32.2. The van der Waals surface area contributed by atoms with Crippen LogP contribution in [0.3, 0.4) is 0 Å². The van der Waals surface area contributed by atoms with Crippen LogP contribution in [0.15, 0.2) is 108 Å². The van der Waals surface area contributed by atoms with E-state index >= 15 is 0 Å². The van der Waals surface area contributed by atoms with Gasteiger partial charge in [0.15, 0.2) is 9.84 Å². The Labute approximate surface area is 249 Å². The molecule has 0 aliphatic heterocycles. The number of ether oxygens (including phenoxy) is 2. The number of carbonyl (C=O) groups is 1. The fourth-order valence-electron chi connectivity index (χ4n) is 4.75. The number of halogens is 6. The molecule has 0 fully saturated rings. The Bertz CT molecular complexity index is 1650. The van der Waals surface area contributed by atoms with Gasteiger partial charge in [0.1, 0.15) is 11.5 Å². The summed E-state index contributed by atoms with van der Waals surface area (Å²) in [4.78, 5) is 13.3. The summed E-state index contributed by atoms with van der Waals surface area (Å²) in [7, 11) is -3.54. The van der Waals surface area contributed by atoms with E-state index in [2.05, 4.69) is 14.8 Å². The molecule has 0 aromatic heterocycles. The van der Waals surface area contributed by atoms with E-state index in [-0.39, 0.29) is 34.6 Å². The molecule has 0 atom stereocenters. The lowest BCUT2D eigenvalue weighted by Gasteiger charge is -2.36. The van der Waals surface area contributed by atoms with Gasteiger partial charge in [0.25, 0.3) is 5.91 Å². The van der Waals surface area contributed by atoms with Crippen LogP contribution < -0.4 is 14.8 Å². The third-order valence-electron chi connectivity index (χ3n) is 6.68. The van der Waals surface area contributed by atoms with Crippen molar-refractivity contribution >= 4 is 15.7 Å². The highest BCUT2D eigenvalue weighted by Gasteiger charge is 2.38. The summed E-state index contributed by atoms with van der Waals surface area (Å²) in [6.07, 6.45) is -9.01. The van der Waals surface area contributed by atoms with Gasteiger partial charge in [-0.3, -0.25) is 4.79 Å². The van der Waals surface area contributed by atoms with E-state index in [4.69, 9.17) is 0 Å². The Morgan fingerprint density at radius 3 is 1.66 bits per heavy atom. The Balaban J connectivity index is 1.85. The molecule has 0 heterocycles. The van der Waals surface area contributed by atoms with Crippen molar-refractivity contribution in [2.75, 3.05) is 12.8 Å². The average Bonchev–Trinajstić information content (AvgIpc) is 2.94. The maximum Gasteiger partial charge on any atom is 0.573 e. The zero-order valence-electron chi connectivity index (χ0n) is 22.9. The summed E-state index contributed by atoms with van der Waals surface area (Å²) >= 11 is 0. The Hall–Kier alpha value is -4.52. The number of benzene rings is 4. The van der Waals surface area contributed by atoms with Gasteiger partial charge in [-0.1, -0.05) is 54.6 Å². The van der Waals surface area contributed by atoms with Crippen molar-refractivity contribution in [1.29, 1.82) is 0 Å². The number of alkyl halides is 6. The molecule has 0 saturated carbocycles. The Kier molecular flexibility index (Phi) is 9.28. The molecule has 13 heteroatoms. The average molecular weight is 638 g/mol. The minimum absolute atomic E-state index is 0.0181. The van der Waals surface area contributed by atoms with Gasteiger partial charge in [0.05, 0.1) is 4.90 Å². The molecule has 4 aromatic carbocycles. The zero-order chi connectivity index (χ0) is 32.2. The van der Waals surface area contributed by atoms with Gasteiger partial charge in [-0.25, -0.2) is 8.42 Å². The van der Waals surface area contributed by atoms with Crippen LogP contribution in [0.5, 0.6) is 11.5 Å². The molecule has 44 heavy (non-hydrogen) atoms. The third kappa shape index (κ3) is 8.53. The van der Waals surface area contributed by atoms with Crippen molar-refractivity contribution in [3.8, 4) is 11.5 Å². The molecule has 1 N–H and O–H groups in total. The van der Waals surface area contributed by atoms with E-state index < -0.39 is 45.4 Å². The number of rotatable bonds is 10. The lowest BCUT2D eigenvalue weighted by molar-refractivity contribution is -0.275. The molecule has 232 valence electrons. The standard InChI is InChI=1S/C31H25F6NO5S/c1-44(40,41)27-15-13-22(14-16-27)28(39)38-20-29(19-21-7-3-2-4-8-21,23-9-5-11-25(17-23)42-30(32,33)34)24-10-6-12-26(18-24)43-31(35,36)37/h2-18H,19-20H2,1H3,(H,38,39). The maximum absolute atomic E-state index is 13.3. The highest BCUT2D eigenvalue weighted by Crippen LogP contribution is 2.40. The highest BCUT2D eigenvalue weighted by molar-refractivity contribution is 7.90. The van der Waals surface area contributed by atoms with Gasteiger partial charge < -0.3 is 14.8 Å². The molecule has 4 rings (SSSR count). The topological polar surface area (TPSA) is 81.7 Å². The first-order chi connectivity index (χ1) is 20.5. The van der Waals surface area contributed by atoms with Crippen molar-refractivity contribution < 1.29 is 49.0 Å². The number of carbonyl (C=O) groups excluding carboxylic acids is 1. The molecule has 0 bridgehead atoms. The van der Waals surface area contributed by atoms with Crippen LogP contribution in [-0.4, -0.2) is 39.9 Å². The Morgan fingerprint density at radius 1 is 0.705 bits per heavy atom. The summed E-state index contributed by atoms with van der Waals surface area (Å²) in [5.74, 6) is -1.80.